The van der Waals surface area contributed by atoms with Crippen LogP contribution < -0.4 is 0 Å². The summed E-state index contributed by atoms with van der Waals surface area (Å²) in [6.07, 6.45) is 0. The summed E-state index contributed by atoms with van der Waals surface area (Å²) in [5.41, 5.74) is 12.7. The minimum Gasteiger partial charge on any atom is -0.278 e. The number of rotatable bonds is 4. The molecular weight excluding hydrogens is 625 g/mol. The molecule has 6 aromatic carbocycles. The number of nitrogens with zero attached hydrogens (tertiary/aromatic N) is 8. The molecule has 0 unspecified atom stereocenters. The molecule has 5 heterocycles. The monoisotopic (exact) mass is 648 g/mol. The topological polar surface area (TPSA) is 70.2 Å². The Morgan fingerprint density at radius 3 is 1.33 bits per heavy atom. The van der Waals surface area contributed by atoms with Crippen LogP contribution in [0.5, 0.6) is 0 Å². The lowest BCUT2D eigenvalue weighted by Crippen LogP contribution is -1.95. The van der Waals surface area contributed by atoms with Crippen molar-refractivity contribution < 1.29 is 0 Å². The fraction of sp³-hybridized carbons (Fsp3) is 0. The molecule has 8 nitrogen and oxygen atoms in total. The lowest BCUT2D eigenvalue weighted by molar-refractivity contribution is 1.11. The largest absolute Gasteiger partial charge is 0.278 e. The Kier molecular flexibility index (Phi) is 5.38. The number of para-hydroxylation sites is 8. The molecule has 5 aromatic heterocycles. The molecule has 9 heteroatoms. The smallest absolute Gasteiger partial charge is 0.220 e. The van der Waals surface area contributed by atoms with Crippen molar-refractivity contribution in [1.82, 2.24) is 37.3 Å². The zero-order chi connectivity index (χ0) is 32.1. The maximum Gasteiger partial charge on any atom is 0.220 e. The summed E-state index contributed by atoms with van der Waals surface area (Å²) in [5, 5.41) is 0.877. The Labute approximate surface area is 282 Å². The van der Waals surface area contributed by atoms with Crippen molar-refractivity contribution in [3.05, 3.63) is 146 Å². The standard InChI is InChI=1S/C40H24N8S/c1-3-11-31-29(9-1)41-39-45(33-13-5-7-15-35(33)47(31)39)27-21-17-25(18-22-27)37-43-38(49-44-37)26-19-23-28(24-20-26)46-34-14-6-8-16-36(34)48-32-12-4-2-10-30(32)42-40(46)48/h1-24H. The van der Waals surface area contributed by atoms with Gasteiger partial charge in [-0.2, -0.15) is 4.37 Å². The molecule has 11 aromatic rings. The SMILES string of the molecule is c1ccc2c(c1)nc1n(-c3ccc(-c4nsc(-c5ccc(-n6c7ccccc7n7c8ccccc8nc67)cc5)n4)cc3)c3ccccc3n21. The summed E-state index contributed by atoms with van der Waals surface area (Å²) in [6, 6.07) is 50.4. The summed E-state index contributed by atoms with van der Waals surface area (Å²) in [6.45, 7) is 0. The zero-order valence-corrected chi connectivity index (χ0v) is 26.7. The van der Waals surface area contributed by atoms with Crippen molar-refractivity contribution in [3.63, 3.8) is 0 Å². The van der Waals surface area contributed by atoms with Crippen LogP contribution in [0.1, 0.15) is 0 Å². The third-order valence-corrected chi connectivity index (χ3v) is 10.2. The van der Waals surface area contributed by atoms with Gasteiger partial charge in [-0.1, -0.05) is 48.5 Å². The number of benzene rings is 6. The fourth-order valence-electron chi connectivity index (χ4n) is 7.18. The Balaban J connectivity index is 0.942. The van der Waals surface area contributed by atoms with E-state index in [0.29, 0.717) is 5.82 Å². The summed E-state index contributed by atoms with van der Waals surface area (Å²) in [4.78, 5) is 15.0. The van der Waals surface area contributed by atoms with Crippen LogP contribution in [-0.4, -0.2) is 37.3 Å². The van der Waals surface area contributed by atoms with E-state index in [0.717, 1.165) is 83.2 Å². The van der Waals surface area contributed by atoms with Crippen molar-refractivity contribution in [2.24, 2.45) is 0 Å². The van der Waals surface area contributed by atoms with E-state index in [1.807, 2.05) is 12.1 Å². The van der Waals surface area contributed by atoms with E-state index in [9.17, 15) is 0 Å². The van der Waals surface area contributed by atoms with Gasteiger partial charge < -0.3 is 0 Å². The van der Waals surface area contributed by atoms with Gasteiger partial charge in [0.2, 0.25) is 11.6 Å². The number of hydrogen-bond donors (Lipinski definition) is 0. The van der Waals surface area contributed by atoms with Crippen molar-refractivity contribution in [2.75, 3.05) is 0 Å². The van der Waals surface area contributed by atoms with Gasteiger partial charge in [0, 0.05) is 22.5 Å². The van der Waals surface area contributed by atoms with E-state index in [1.165, 1.54) is 11.5 Å². The summed E-state index contributed by atoms with van der Waals surface area (Å²) in [5.74, 6) is 2.50. The van der Waals surface area contributed by atoms with E-state index in [1.54, 1.807) is 0 Å². The Bertz CT molecular complexity index is 2840. The van der Waals surface area contributed by atoms with Crippen LogP contribution in [0.25, 0.3) is 89.0 Å². The molecule has 0 amide bonds. The average molecular weight is 649 g/mol. The van der Waals surface area contributed by atoms with Crippen molar-refractivity contribution >= 4 is 67.2 Å². The Hall–Kier alpha value is -6.58. The first-order valence-corrected chi connectivity index (χ1v) is 16.9. The Morgan fingerprint density at radius 2 is 0.816 bits per heavy atom. The van der Waals surface area contributed by atoms with Crippen LogP contribution in [0, 0.1) is 0 Å². The fourth-order valence-corrected chi connectivity index (χ4v) is 7.87. The molecule has 0 radical (unpaired) electrons. The molecule has 0 aliphatic rings. The van der Waals surface area contributed by atoms with Gasteiger partial charge in [0.05, 0.1) is 44.1 Å². The van der Waals surface area contributed by atoms with Gasteiger partial charge in [-0.3, -0.25) is 17.9 Å². The predicted molar refractivity (Wildman–Crippen MR) is 197 cm³/mol. The summed E-state index contributed by atoms with van der Waals surface area (Å²) < 4.78 is 13.7. The van der Waals surface area contributed by atoms with Crippen LogP contribution >= 0.6 is 11.5 Å². The predicted octanol–water partition coefficient (Wildman–Crippen LogP) is 9.36. The van der Waals surface area contributed by atoms with E-state index >= 15 is 0 Å². The van der Waals surface area contributed by atoms with Gasteiger partial charge in [-0.15, -0.1) is 0 Å². The molecule has 0 N–H and O–H groups in total. The van der Waals surface area contributed by atoms with Crippen LogP contribution in [0.3, 0.4) is 0 Å². The highest BCUT2D eigenvalue weighted by molar-refractivity contribution is 7.09. The highest BCUT2D eigenvalue weighted by atomic mass is 32.1. The molecule has 0 fully saturated rings. The van der Waals surface area contributed by atoms with Crippen LogP contribution in [0.15, 0.2) is 146 Å². The first kappa shape index (κ1) is 26.5. The maximum atomic E-state index is 5.01. The Morgan fingerprint density at radius 1 is 0.388 bits per heavy atom. The molecule has 49 heavy (non-hydrogen) atoms. The molecule has 0 atom stereocenters. The first-order chi connectivity index (χ1) is 24.3. The van der Waals surface area contributed by atoms with Gasteiger partial charge in [-0.25, -0.2) is 15.0 Å². The molecule has 0 saturated heterocycles. The average Bonchev–Trinajstić information content (AvgIpc) is 3.97. The second-order valence-corrected chi connectivity index (χ2v) is 12.9. The molecule has 0 aliphatic heterocycles. The molecule has 0 bridgehead atoms. The third-order valence-electron chi connectivity index (χ3n) is 9.40. The minimum absolute atomic E-state index is 0.715. The van der Waals surface area contributed by atoms with Crippen LogP contribution in [-0.2, 0) is 0 Å². The number of fused-ring (bicyclic) bond motifs is 10. The van der Waals surface area contributed by atoms with Crippen molar-refractivity contribution in [3.8, 4) is 33.3 Å². The second kappa shape index (κ2) is 9.96. The lowest BCUT2D eigenvalue weighted by Gasteiger charge is -2.06. The zero-order valence-electron chi connectivity index (χ0n) is 25.8. The quantitative estimate of drug-likeness (QED) is 0.191. The lowest BCUT2D eigenvalue weighted by atomic mass is 10.2. The number of imidazole rings is 4. The summed E-state index contributed by atoms with van der Waals surface area (Å²) >= 11 is 1.41. The van der Waals surface area contributed by atoms with Gasteiger partial charge >= 0.3 is 0 Å². The van der Waals surface area contributed by atoms with Crippen molar-refractivity contribution in [2.45, 2.75) is 0 Å². The summed E-state index contributed by atoms with van der Waals surface area (Å²) in [7, 11) is 0. The van der Waals surface area contributed by atoms with Gasteiger partial charge in [0.25, 0.3) is 0 Å². The molecule has 11 rings (SSSR count). The van der Waals surface area contributed by atoms with Crippen molar-refractivity contribution in [1.29, 1.82) is 0 Å². The van der Waals surface area contributed by atoms with Gasteiger partial charge in [0.1, 0.15) is 5.01 Å². The molecule has 230 valence electrons. The van der Waals surface area contributed by atoms with E-state index in [4.69, 9.17) is 19.3 Å². The minimum atomic E-state index is 0.715. The highest BCUT2D eigenvalue weighted by Gasteiger charge is 2.19. The van der Waals surface area contributed by atoms with Crippen LogP contribution in [0.4, 0.5) is 0 Å². The van der Waals surface area contributed by atoms with E-state index in [-0.39, 0.29) is 0 Å². The maximum absolute atomic E-state index is 5.01. The molecule has 0 spiro atoms. The normalized spacial score (nSPS) is 12.1. The van der Waals surface area contributed by atoms with E-state index < -0.39 is 0 Å². The van der Waals surface area contributed by atoms with Gasteiger partial charge in [-0.05, 0) is 109 Å². The number of aromatic nitrogens is 8. The van der Waals surface area contributed by atoms with Crippen LogP contribution in [0.2, 0.25) is 0 Å². The number of hydrogen-bond acceptors (Lipinski definition) is 5. The third kappa shape index (κ3) is 3.78. The highest BCUT2D eigenvalue weighted by Crippen LogP contribution is 2.33. The van der Waals surface area contributed by atoms with Gasteiger partial charge in [0.15, 0.2) is 5.82 Å². The molecular formula is C40H24N8S. The molecule has 0 aliphatic carbocycles. The molecule has 0 saturated carbocycles. The second-order valence-electron chi connectivity index (χ2n) is 12.1. The first-order valence-electron chi connectivity index (χ1n) is 16.1. The van der Waals surface area contributed by atoms with E-state index in [2.05, 4.69) is 151 Å².